The molecule has 2 aliphatic rings. The van der Waals surface area contributed by atoms with Crippen LogP contribution in [0.4, 0.5) is 4.79 Å². The van der Waals surface area contributed by atoms with Gasteiger partial charge in [0.2, 0.25) is 5.91 Å². The number of hydrogen-bond acceptors (Lipinski definition) is 13. The molecule has 17 nitrogen and oxygen atoms in total. The van der Waals surface area contributed by atoms with Gasteiger partial charge in [-0.2, -0.15) is 5.10 Å². The summed E-state index contributed by atoms with van der Waals surface area (Å²) in [5, 5.41) is 14.6. The van der Waals surface area contributed by atoms with Crippen LogP contribution in [0, 0.1) is 0 Å². The molecule has 70 heavy (non-hydrogen) atoms. The summed E-state index contributed by atoms with van der Waals surface area (Å²) in [6.07, 6.45) is 0.221. The third kappa shape index (κ3) is 14.7. The van der Waals surface area contributed by atoms with Gasteiger partial charge in [-0.05, 0) is 110 Å². The Balaban J connectivity index is 1.12. The summed E-state index contributed by atoms with van der Waals surface area (Å²) in [6, 6.07) is 15.8. The van der Waals surface area contributed by atoms with E-state index in [2.05, 4.69) is 16.0 Å². The van der Waals surface area contributed by atoms with Gasteiger partial charge in [-0.1, -0.05) is 35.3 Å². The minimum atomic E-state index is -0.687. The summed E-state index contributed by atoms with van der Waals surface area (Å²) in [6.45, 7) is 17.7. The number of esters is 1. The van der Waals surface area contributed by atoms with Crippen LogP contribution in [0.3, 0.4) is 0 Å². The van der Waals surface area contributed by atoms with Crippen molar-refractivity contribution in [1.82, 2.24) is 30.6 Å². The van der Waals surface area contributed by atoms with Crippen molar-refractivity contribution in [3.8, 4) is 45.3 Å². The number of methoxy groups -OCH3 is 1. The average Bonchev–Trinajstić information content (AvgIpc) is 3.67. The minimum absolute atomic E-state index is 0.0419. The summed E-state index contributed by atoms with van der Waals surface area (Å²) >= 11 is 13.0. The van der Waals surface area contributed by atoms with E-state index < -0.39 is 34.8 Å². The maximum absolute atomic E-state index is 14.4. The maximum Gasteiger partial charge on any atom is 0.407 e. The highest BCUT2D eigenvalue weighted by Gasteiger charge is 2.39. The fourth-order valence-corrected chi connectivity index (χ4v) is 8.45. The fraction of sp³-hybridized carbons (Fsp3) is 0.510. The Morgan fingerprint density at radius 3 is 2.30 bits per heavy atom. The van der Waals surface area contributed by atoms with E-state index in [0.717, 1.165) is 11.1 Å². The molecule has 3 amide bonds. The SMILES string of the molecule is COc1cc2c(cc1-c1cccc(OCCCNC(=O)[C@@H](CCC(=O)OC(C)(C)C)NCCOCCNC(=O)OC(C)(C)C)c1)-c1c(c(C(=O)N3CCOCC3(C)C)nn1-c1cc(Cl)cc(Cl)c1)CO2. The number of hydrogen-bond donors (Lipinski definition) is 3. The molecule has 1 aromatic heterocycles. The van der Waals surface area contributed by atoms with Crippen LogP contribution in [0.25, 0.3) is 28.1 Å². The van der Waals surface area contributed by atoms with Gasteiger partial charge in [0.15, 0.2) is 5.69 Å². The number of nitrogens with one attached hydrogen (secondary N) is 3. The number of halogens is 2. The second-order valence-corrected chi connectivity index (χ2v) is 20.4. The predicted molar refractivity (Wildman–Crippen MR) is 266 cm³/mol. The molecule has 0 aliphatic carbocycles. The number of nitrogens with zero attached hydrogens (tertiary/aromatic N) is 3. The number of morpholine rings is 1. The van der Waals surface area contributed by atoms with Gasteiger partial charge in [-0.25, -0.2) is 9.48 Å². The van der Waals surface area contributed by atoms with Crippen LogP contribution in [-0.4, -0.2) is 128 Å². The Morgan fingerprint density at radius 1 is 0.871 bits per heavy atom. The number of ether oxygens (including phenoxy) is 7. The van der Waals surface area contributed by atoms with E-state index in [9.17, 15) is 19.2 Å². The maximum atomic E-state index is 14.4. The highest BCUT2D eigenvalue weighted by Crippen LogP contribution is 2.47. The molecular weight excluding hydrogens is 943 g/mol. The van der Waals surface area contributed by atoms with Gasteiger partial charge in [-0.15, -0.1) is 0 Å². The lowest BCUT2D eigenvalue weighted by Crippen LogP contribution is -2.55. The Labute approximate surface area is 420 Å². The van der Waals surface area contributed by atoms with E-state index in [0.29, 0.717) is 95.7 Å². The zero-order chi connectivity index (χ0) is 50.8. The minimum Gasteiger partial charge on any atom is -0.496 e. The van der Waals surface area contributed by atoms with Crippen molar-refractivity contribution in [1.29, 1.82) is 0 Å². The molecule has 4 aromatic rings. The van der Waals surface area contributed by atoms with Crippen LogP contribution in [0.5, 0.6) is 17.2 Å². The molecule has 3 N–H and O–H groups in total. The van der Waals surface area contributed by atoms with Crippen LogP contribution < -0.4 is 30.2 Å². The average molecular weight is 1010 g/mol. The standard InChI is InChI=1S/C51H66Cl2N6O11/c1-49(2,3)69-43(60)15-14-40(54-17-21-65-22-18-56-48(63)70-50(4,5)6)46(61)55-16-11-20-67-36-13-10-12-32(24-36)37-28-38-42(29-41(37)64-9)68-30-39-44(47(62)58-19-23-66-31-51(58,7)8)57-59(45(38)39)35-26-33(52)25-34(53)27-35/h10,12-13,24-29,40,54H,11,14-23,30-31H2,1-9H3,(H,55,61)(H,56,63)/t40-/m1/s1. The van der Waals surface area contributed by atoms with Crippen LogP contribution >= 0.6 is 23.2 Å². The first kappa shape index (κ1) is 53.8. The topological polar surface area (TPSA) is 190 Å². The van der Waals surface area contributed by atoms with Gasteiger partial charge in [0.05, 0.1) is 63.1 Å². The Bertz CT molecular complexity index is 2480. The first-order chi connectivity index (χ1) is 33.1. The van der Waals surface area contributed by atoms with Crippen LogP contribution in [0.15, 0.2) is 54.6 Å². The van der Waals surface area contributed by atoms with Crippen LogP contribution in [0.2, 0.25) is 10.0 Å². The molecule has 0 unspecified atom stereocenters. The third-order valence-corrected chi connectivity index (χ3v) is 11.5. The molecule has 380 valence electrons. The lowest BCUT2D eigenvalue weighted by atomic mass is 9.95. The quantitative estimate of drug-likeness (QED) is 0.0569. The van der Waals surface area contributed by atoms with E-state index in [1.807, 2.05) is 50.2 Å². The molecule has 3 heterocycles. The summed E-state index contributed by atoms with van der Waals surface area (Å²) in [7, 11) is 1.59. The zero-order valence-electron chi connectivity index (χ0n) is 41.6. The van der Waals surface area contributed by atoms with Crippen molar-refractivity contribution in [3.63, 3.8) is 0 Å². The van der Waals surface area contributed by atoms with Crippen molar-refractivity contribution in [2.45, 2.75) is 104 Å². The van der Waals surface area contributed by atoms with Gasteiger partial charge in [0.1, 0.15) is 35.1 Å². The molecule has 3 aromatic carbocycles. The number of fused-ring (bicyclic) bond motifs is 3. The molecule has 1 fully saturated rings. The molecule has 2 aliphatic heterocycles. The highest BCUT2D eigenvalue weighted by atomic mass is 35.5. The number of benzene rings is 3. The molecule has 1 atom stereocenters. The van der Waals surface area contributed by atoms with Gasteiger partial charge < -0.3 is 54.0 Å². The van der Waals surface area contributed by atoms with E-state index in [-0.39, 0.29) is 56.7 Å². The van der Waals surface area contributed by atoms with E-state index >= 15 is 0 Å². The lowest BCUT2D eigenvalue weighted by Gasteiger charge is -2.41. The molecule has 0 spiro atoms. The number of amides is 3. The van der Waals surface area contributed by atoms with Crippen molar-refractivity contribution in [2.75, 3.05) is 66.3 Å². The van der Waals surface area contributed by atoms with Gasteiger partial charge in [0, 0.05) is 65.4 Å². The highest BCUT2D eigenvalue weighted by molar-refractivity contribution is 6.34. The fourth-order valence-electron chi connectivity index (χ4n) is 7.93. The Kier molecular flexibility index (Phi) is 18.1. The molecule has 0 bridgehead atoms. The van der Waals surface area contributed by atoms with E-state index in [4.69, 9.17) is 61.5 Å². The number of rotatable bonds is 20. The molecule has 0 saturated carbocycles. The van der Waals surface area contributed by atoms with Crippen molar-refractivity contribution in [2.24, 2.45) is 0 Å². The lowest BCUT2D eigenvalue weighted by molar-refractivity contribution is -0.155. The van der Waals surface area contributed by atoms with Gasteiger partial charge in [-0.3, -0.25) is 14.4 Å². The first-order valence-corrected chi connectivity index (χ1v) is 24.2. The molecule has 19 heteroatoms. The summed E-state index contributed by atoms with van der Waals surface area (Å²) in [5.74, 6) is 0.788. The second-order valence-electron chi connectivity index (χ2n) is 19.6. The Hall–Kier alpha value is -5.59. The van der Waals surface area contributed by atoms with E-state index in [1.54, 1.807) is 76.4 Å². The largest absolute Gasteiger partial charge is 0.496 e. The zero-order valence-corrected chi connectivity index (χ0v) is 43.1. The van der Waals surface area contributed by atoms with Crippen molar-refractivity contribution >= 4 is 47.1 Å². The van der Waals surface area contributed by atoms with Crippen LogP contribution in [-0.2, 0) is 35.1 Å². The van der Waals surface area contributed by atoms with Gasteiger partial charge in [0.25, 0.3) is 5.91 Å². The smallest absolute Gasteiger partial charge is 0.407 e. The van der Waals surface area contributed by atoms with Crippen LogP contribution in [0.1, 0.15) is 90.7 Å². The predicted octanol–water partition coefficient (Wildman–Crippen LogP) is 8.17. The normalized spacial score (nSPS) is 14.6. The third-order valence-electron chi connectivity index (χ3n) is 11.1. The summed E-state index contributed by atoms with van der Waals surface area (Å²) in [5.41, 5.74) is 2.52. The van der Waals surface area contributed by atoms with Crippen molar-refractivity contribution < 1.29 is 52.3 Å². The van der Waals surface area contributed by atoms with Gasteiger partial charge >= 0.3 is 12.1 Å². The van der Waals surface area contributed by atoms with Crippen molar-refractivity contribution in [3.05, 3.63) is 75.9 Å². The number of carbonyl (C=O) groups excluding carboxylic acids is 4. The van der Waals surface area contributed by atoms with E-state index in [1.165, 1.54) is 0 Å². The molecular formula is C51H66Cl2N6O11. The molecule has 6 rings (SSSR count). The monoisotopic (exact) mass is 1010 g/mol. The Morgan fingerprint density at radius 2 is 1.60 bits per heavy atom. The summed E-state index contributed by atoms with van der Waals surface area (Å²) < 4.78 is 42.2. The number of aromatic nitrogens is 2. The number of carbonyl (C=O) groups is 4. The first-order valence-electron chi connectivity index (χ1n) is 23.5. The summed E-state index contributed by atoms with van der Waals surface area (Å²) in [4.78, 5) is 54.0. The number of alkyl carbamates (subject to hydrolysis) is 1. The molecule has 0 radical (unpaired) electrons. The molecule has 1 saturated heterocycles. The second kappa shape index (κ2) is 23.5.